The molecule has 5 rings (SSSR count). The fourth-order valence-electron chi connectivity index (χ4n) is 3.80. The molecule has 0 atom stereocenters. The number of benzene rings is 1. The first kappa shape index (κ1) is 22.5. The molecule has 3 aromatic heterocycles. The van der Waals surface area contributed by atoms with Crippen molar-refractivity contribution in [1.29, 1.82) is 5.26 Å². The number of aromatic amines is 1. The fraction of sp³-hybridized carbons (Fsp3) is 0.261. The lowest BCUT2D eigenvalue weighted by Gasteiger charge is -2.15. The molecule has 4 N–H and O–H groups in total. The quantitative estimate of drug-likeness (QED) is 0.409. The predicted molar refractivity (Wildman–Crippen MR) is 120 cm³/mol. The summed E-state index contributed by atoms with van der Waals surface area (Å²) in [6, 6.07) is 5.29. The number of aromatic nitrogens is 4. The second-order valence-electron chi connectivity index (χ2n) is 8.70. The highest BCUT2D eigenvalue weighted by Gasteiger charge is 2.46. The lowest BCUT2D eigenvalue weighted by Crippen LogP contribution is -2.38. The van der Waals surface area contributed by atoms with E-state index in [1.54, 1.807) is 29.8 Å². The number of hydrogen-bond donors (Lipinski definition) is 3. The van der Waals surface area contributed by atoms with E-state index < -0.39 is 28.7 Å². The summed E-state index contributed by atoms with van der Waals surface area (Å²) < 4.78 is 42.0. The summed E-state index contributed by atoms with van der Waals surface area (Å²) >= 11 is 0. The Labute approximate surface area is 195 Å². The van der Waals surface area contributed by atoms with E-state index in [-0.39, 0.29) is 28.8 Å². The number of pyridine rings is 1. The number of nitrogens with one attached hydrogen (secondary N) is 2. The van der Waals surface area contributed by atoms with Gasteiger partial charge in [0.15, 0.2) is 0 Å². The zero-order valence-corrected chi connectivity index (χ0v) is 18.3. The maximum absolute atomic E-state index is 13.5. The summed E-state index contributed by atoms with van der Waals surface area (Å²) in [5.41, 5.74) is 4.87. The number of anilines is 1. The molecular weight excluding hydrogens is 463 g/mol. The van der Waals surface area contributed by atoms with Crippen LogP contribution in [0.5, 0.6) is 0 Å². The van der Waals surface area contributed by atoms with Gasteiger partial charge in [0.25, 0.3) is 5.56 Å². The lowest BCUT2D eigenvalue weighted by atomic mass is 10.1. The Hall–Kier alpha value is -4.24. The molecular formula is C23H18F3N7O2. The number of H-pyrrole nitrogens is 1. The first-order valence-corrected chi connectivity index (χ1v) is 10.6. The van der Waals surface area contributed by atoms with Gasteiger partial charge in [0.2, 0.25) is 5.91 Å². The van der Waals surface area contributed by atoms with Crippen LogP contribution >= 0.6 is 0 Å². The molecule has 35 heavy (non-hydrogen) atoms. The maximum atomic E-state index is 13.5. The summed E-state index contributed by atoms with van der Waals surface area (Å²) in [6.07, 6.45) is -0.560. The molecule has 0 aliphatic heterocycles. The number of fused-ring (bicyclic) bond motifs is 2. The van der Waals surface area contributed by atoms with Crippen molar-refractivity contribution in [3.05, 3.63) is 69.2 Å². The van der Waals surface area contributed by atoms with Crippen molar-refractivity contribution in [3.8, 4) is 6.07 Å². The number of hydrogen-bond acceptors (Lipinski definition) is 6. The summed E-state index contributed by atoms with van der Waals surface area (Å²) in [7, 11) is 0. The molecule has 0 unspecified atom stereocenters. The van der Waals surface area contributed by atoms with E-state index in [2.05, 4.69) is 26.3 Å². The Morgan fingerprint density at radius 3 is 2.69 bits per heavy atom. The van der Waals surface area contributed by atoms with E-state index in [0.717, 1.165) is 11.6 Å². The van der Waals surface area contributed by atoms with Crippen LogP contribution in [-0.2, 0) is 17.4 Å². The van der Waals surface area contributed by atoms with Gasteiger partial charge in [-0.1, -0.05) is 0 Å². The number of imidazole rings is 1. The highest BCUT2D eigenvalue weighted by Crippen LogP contribution is 2.37. The molecule has 0 spiro atoms. The van der Waals surface area contributed by atoms with Crippen LogP contribution in [0.4, 0.5) is 18.9 Å². The molecule has 0 saturated heterocycles. The Balaban J connectivity index is 1.59. The molecule has 3 heterocycles. The van der Waals surface area contributed by atoms with Crippen LogP contribution in [0.15, 0.2) is 35.4 Å². The van der Waals surface area contributed by atoms with E-state index in [1.165, 1.54) is 0 Å². The minimum atomic E-state index is -4.74. The summed E-state index contributed by atoms with van der Waals surface area (Å²) in [6.45, 7) is 1.79. The highest BCUT2D eigenvalue weighted by molar-refractivity contribution is 6.05. The van der Waals surface area contributed by atoms with Crippen LogP contribution in [0.2, 0.25) is 0 Å². The number of rotatable bonds is 4. The van der Waals surface area contributed by atoms with Gasteiger partial charge in [-0.15, -0.1) is 0 Å². The third-order valence-corrected chi connectivity index (χ3v) is 5.99. The number of carbonyl (C=O) groups is 1. The molecule has 12 heteroatoms. The summed E-state index contributed by atoms with van der Waals surface area (Å²) in [5.74, 6) is -0.488. The van der Waals surface area contributed by atoms with Gasteiger partial charge in [-0.3, -0.25) is 9.59 Å². The van der Waals surface area contributed by atoms with Gasteiger partial charge in [0.05, 0.1) is 33.4 Å². The standard InChI is InChI=1S/C23H18F3N7O2/c1-11-4-18-29-14(10-33(18)9-12(11)8-27)7-17-31-19-15(20(34)32-17)5-13(23(24,25)26)6-16(19)30-21(35)22(28)2-3-22/h4-6,9-10H,2-3,7,28H2,1H3,(H,30,35)(H,31,32,34). The normalized spacial score (nSPS) is 14.7. The Kier molecular flexibility index (Phi) is 4.92. The van der Waals surface area contributed by atoms with Gasteiger partial charge in [-0.25, -0.2) is 9.97 Å². The smallest absolute Gasteiger partial charge is 0.323 e. The van der Waals surface area contributed by atoms with Crippen molar-refractivity contribution < 1.29 is 18.0 Å². The molecule has 1 aliphatic carbocycles. The van der Waals surface area contributed by atoms with E-state index in [4.69, 9.17) is 5.73 Å². The van der Waals surface area contributed by atoms with Gasteiger partial charge in [-0.2, -0.15) is 18.4 Å². The molecule has 4 aromatic rings. The monoisotopic (exact) mass is 481 g/mol. The number of nitrogens with zero attached hydrogens (tertiary/aromatic N) is 4. The summed E-state index contributed by atoms with van der Waals surface area (Å²) in [5, 5.41) is 11.3. The van der Waals surface area contributed by atoms with Crippen LogP contribution in [0.1, 0.15) is 41.1 Å². The zero-order valence-electron chi connectivity index (χ0n) is 18.3. The molecule has 0 bridgehead atoms. The molecule has 178 valence electrons. The van der Waals surface area contributed by atoms with E-state index in [0.29, 0.717) is 35.8 Å². The average Bonchev–Trinajstić information content (AvgIpc) is 3.42. The van der Waals surface area contributed by atoms with Crippen LogP contribution in [0, 0.1) is 18.3 Å². The van der Waals surface area contributed by atoms with E-state index in [1.807, 2.05) is 0 Å². The minimum Gasteiger partial charge on any atom is -0.323 e. The first-order valence-electron chi connectivity index (χ1n) is 10.6. The number of nitrogens with two attached hydrogens (primary N) is 1. The number of aryl methyl sites for hydroxylation is 1. The Morgan fingerprint density at radius 2 is 2.03 bits per heavy atom. The molecule has 9 nitrogen and oxygen atoms in total. The number of amides is 1. The van der Waals surface area contributed by atoms with Crippen molar-refractivity contribution in [3.63, 3.8) is 0 Å². The molecule has 1 aliphatic rings. The minimum absolute atomic E-state index is 0.0586. The Morgan fingerprint density at radius 1 is 1.29 bits per heavy atom. The molecule has 1 amide bonds. The van der Waals surface area contributed by atoms with Crippen molar-refractivity contribution in [2.45, 2.75) is 37.9 Å². The van der Waals surface area contributed by atoms with Gasteiger partial charge >= 0.3 is 6.18 Å². The molecule has 1 saturated carbocycles. The van der Waals surface area contributed by atoms with Crippen LogP contribution in [0.25, 0.3) is 16.6 Å². The number of carbonyl (C=O) groups excluding carboxylic acids is 1. The predicted octanol–water partition coefficient (Wildman–Crippen LogP) is 2.79. The van der Waals surface area contributed by atoms with E-state index >= 15 is 0 Å². The van der Waals surface area contributed by atoms with Crippen molar-refractivity contribution in [2.75, 3.05) is 5.32 Å². The topological polar surface area (TPSA) is 142 Å². The summed E-state index contributed by atoms with van der Waals surface area (Å²) in [4.78, 5) is 36.6. The molecule has 0 radical (unpaired) electrons. The largest absolute Gasteiger partial charge is 0.416 e. The highest BCUT2D eigenvalue weighted by atomic mass is 19.4. The van der Waals surface area contributed by atoms with Gasteiger partial charge in [0.1, 0.15) is 23.1 Å². The van der Waals surface area contributed by atoms with Crippen molar-refractivity contribution in [2.24, 2.45) is 5.73 Å². The number of nitriles is 1. The average molecular weight is 481 g/mol. The fourth-order valence-corrected chi connectivity index (χ4v) is 3.80. The number of halogens is 3. The van der Waals surface area contributed by atoms with Gasteiger partial charge in [0, 0.05) is 18.8 Å². The second kappa shape index (κ2) is 7.64. The van der Waals surface area contributed by atoms with Crippen molar-refractivity contribution >= 4 is 28.1 Å². The number of alkyl halides is 3. The van der Waals surface area contributed by atoms with Crippen LogP contribution in [0.3, 0.4) is 0 Å². The van der Waals surface area contributed by atoms with Crippen LogP contribution in [-0.4, -0.2) is 30.8 Å². The van der Waals surface area contributed by atoms with E-state index in [9.17, 15) is 28.0 Å². The molecule has 1 fully saturated rings. The van der Waals surface area contributed by atoms with Gasteiger partial charge < -0.3 is 20.4 Å². The first-order chi connectivity index (χ1) is 16.5. The van der Waals surface area contributed by atoms with Crippen molar-refractivity contribution in [1.82, 2.24) is 19.4 Å². The zero-order chi connectivity index (χ0) is 25.1. The lowest BCUT2D eigenvalue weighted by molar-refractivity contribution is -0.137. The Bertz CT molecular complexity index is 1620. The van der Waals surface area contributed by atoms with Gasteiger partial charge in [-0.05, 0) is 43.5 Å². The third kappa shape index (κ3) is 4.10. The van der Waals surface area contributed by atoms with Crippen LogP contribution < -0.4 is 16.6 Å². The maximum Gasteiger partial charge on any atom is 0.416 e. The molecule has 1 aromatic carbocycles. The third-order valence-electron chi connectivity index (χ3n) is 5.99. The second-order valence-corrected chi connectivity index (χ2v) is 8.70. The SMILES string of the molecule is Cc1cc2nc(Cc3nc4c(NC(=O)C5(N)CC5)cc(C(F)(F)F)cc4c(=O)[nH]3)cn2cc1C#N.